The van der Waals surface area contributed by atoms with Crippen LogP contribution in [0.15, 0.2) is 47.6 Å². The number of para-hydroxylation sites is 1. The van der Waals surface area contributed by atoms with Gasteiger partial charge >= 0.3 is 0 Å². The number of hydrogen-bond donors (Lipinski definition) is 0. The third kappa shape index (κ3) is 3.50. The Morgan fingerprint density at radius 1 is 1.11 bits per heavy atom. The van der Waals surface area contributed by atoms with Gasteiger partial charge in [-0.2, -0.15) is 9.29 Å². The number of ether oxygens (including phenoxy) is 2. The molecule has 8 nitrogen and oxygen atoms in total. The van der Waals surface area contributed by atoms with E-state index in [4.69, 9.17) is 9.47 Å². The molecule has 1 aliphatic rings. The number of nitrogens with zero attached hydrogens (tertiary/aromatic N) is 4. The van der Waals surface area contributed by atoms with Gasteiger partial charge in [-0.1, -0.05) is 18.2 Å². The van der Waals surface area contributed by atoms with Crippen molar-refractivity contribution in [1.82, 2.24) is 19.3 Å². The Labute approximate surface area is 163 Å². The highest BCUT2D eigenvalue weighted by Crippen LogP contribution is 2.28. The summed E-state index contributed by atoms with van der Waals surface area (Å²) < 4.78 is 38.8. The zero-order chi connectivity index (χ0) is 19.7. The van der Waals surface area contributed by atoms with Crippen molar-refractivity contribution >= 4 is 20.9 Å². The smallest absolute Gasteiger partial charge is 0.245 e. The van der Waals surface area contributed by atoms with Crippen LogP contribution in [0.1, 0.15) is 12.1 Å². The average molecular weight is 400 g/mol. The van der Waals surface area contributed by atoms with E-state index < -0.39 is 10.0 Å². The summed E-state index contributed by atoms with van der Waals surface area (Å²) in [6.07, 6.45) is 3.22. The lowest BCUT2D eigenvalue weighted by Gasteiger charge is -2.18. The van der Waals surface area contributed by atoms with Crippen LogP contribution in [0.3, 0.4) is 0 Å². The molecule has 0 aliphatic carbocycles. The van der Waals surface area contributed by atoms with Crippen LogP contribution < -0.4 is 9.47 Å². The van der Waals surface area contributed by atoms with Crippen molar-refractivity contribution in [3.8, 4) is 11.8 Å². The van der Waals surface area contributed by atoms with Gasteiger partial charge in [-0.25, -0.2) is 8.42 Å². The van der Waals surface area contributed by atoms with E-state index in [-0.39, 0.29) is 17.5 Å². The van der Waals surface area contributed by atoms with Gasteiger partial charge in [0.25, 0.3) is 0 Å². The summed E-state index contributed by atoms with van der Waals surface area (Å²) in [6, 6.07) is 8.95. The van der Waals surface area contributed by atoms with Gasteiger partial charge in [0.05, 0.1) is 31.6 Å². The van der Waals surface area contributed by atoms with Gasteiger partial charge in [0.15, 0.2) is 0 Å². The van der Waals surface area contributed by atoms with Gasteiger partial charge in [0.2, 0.25) is 21.8 Å². The molecule has 0 radical (unpaired) electrons. The van der Waals surface area contributed by atoms with Crippen molar-refractivity contribution in [3.63, 3.8) is 0 Å². The van der Waals surface area contributed by atoms with Gasteiger partial charge in [-0.15, -0.1) is 0 Å². The Hall–Kier alpha value is -2.78. The third-order valence-electron chi connectivity index (χ3n) is 4.63. The Kier molecular flexibility index (Phi) is 4.86. The topological polar surface area (TPSA) is 94.5 Å². The molecule has 9 heteroatoms. The molecule has 0 bridgehead atoms. The largest absolute Gasteiger partial charge is 0.480 e. The lowest BCUT2D eigenvalue weighted by molar-refractivity contribution is 0.203. The quantitative estimate of drug-likeness (QED) is 0.648. The molecule has 1 atom stereocenters. The fourth-order valence-corrected chi connectivity index (χ4v) is 4.88. The van der Waals surface area contributed by atoms with E-state index in [1.54, 1.807) is 12.1 Å². The minimum atomic E-state index is -3.69. The lowest BCUT2D eigenvalue weighted by Crippen LogP contribution is -2.31. The third-order valence-corrected chi connectivity index (χ3v) is 6.53. The van der Waals surface area contributed by atoms with E-state index in [2.05, 4.69) is 15.0 Å². The van der Waals surface area contributed by atoms with Crippen LogP contribution in [0.25, 0.3) is 10.9 Å². The highest BCUT2D eigenvalue weighted by atomic mass is 32.2. The van der Waals surface area contributed by atoms with Gasteiger partial charge in [0.1, 0.15) is 11.0 Å². The maximum atomic E-state index is 13.2. The highest BCUT2D eigenvalue weighted by Gasteiger charge is 2.35. The van der Waals surface area contributed by atoms with Crippen molar-refractivity contribution in [2.24, 2.45) is 0 Å². The monoisotopic (exact) mass is 400 g/mol. The minimum Gasteiger partial charge on any atom is -0.480 e. The summed E-state index contributed by atoms with van der Waals surface area (Å²) >= 11 is 0. The van der Waals surface area contributed by atoms with Crippen LogP contribution >= 0.6 is 0 Å². The first kappa shape index (κ1) is 18.6. The maximum Gasteiger partial charge on any atom is 0.245 e. The van der Waals surface area contributed by atoms with Crippen LogP contribution in [0.5, 0.6) is 11.8 Å². The molecule has 3 aromatic rings. The van der Waals surface area contributed by atoms with Crippen molar-refractivity contribution in [3.05, 3.63) is 48.4 Å². The summed E-state index contributed by atoms with van der Waals surface area (Å²) in [4.78, 5) is 12.8. The second-order valence-corrected chi connectivity index (χ2v) is 8.48. The fraction of sp³-hybridized carbons (Fsp3) is 0.316. The first-order valence-corrected chi connectivity index (χ1v) is 10.3. The number of rotatable bonds is 5. The predicted octanol–water partition coefficient (Wildman–Crippen LogP) is 2.18. The van der Waals surface area contributed by atoms with Crippen LogP contribution in [-0.4, -0.2) is 54.0 Å². The molecule has 0 amide bonds. The fourth-order valence-electron chi connectivity index (χ4n) is 3.23. The molecule has 146 valence electrons. The lowest BCUT2D eigenvalue weighted by atomic mass is 10.2. The Balaban J connectivity index is 1.57. The molecule has 0 saturated carbocycles. The second kappa shape index (κ2) is 7.33. The molecular formula is C19H20N4O4S. The molecule has 1 saturated heterocycles. The van der Waals surface area contributed by atoms with Crippen molar-refractivity contribution < 1.29 is 17.9 Å². The number of methoxy groups -OCH3 is 1. The number of hydrogen-bond acceptors (Lipinski definition) is 7. The van der Waals surface area contributed by atoms with E-state index in [0.717, 1.165) is 11.1 Å². The summed E-state index contributed by atoms with van der Waals surface area (Å²) in [6.45, 7) is 2.45. The van der Waals surface area contributed by atoms with E-state index in [1.807, 2.05) is 25.1 Å². The zero-order valence-electron chi connectivity index (χ0n) is 15.6. The molecule has 4 rings (SSSR count). The summed E-state index contributed by atoms with van der Waals surface area (Å²) in [7, 11) is -2.19. The van der Waals surface area contributed by atoms with E-state index in [1.165, 1.54) is 23.8 Å². The summed E-state index contributed by atoms with van der Waals surface area (Å²) in [5, 5.41) is 0.797. The number of pyridine rings is 1. The van der Waals surface area contributed by atoms with Crippen molar-refractivity contribution in [2.45, 2.75) is 24.3 Å². The molecule has 1 aliphatic heterocycles. The molecule has 1 aromatic carbocycles. The number of sulfonamides is 1. The number of aryl methyl sites for hydroxylation is 1. The normalized spacial score (nSPS) is 17.7. The van der Waals surface area contributed by atoms with E-state index >= 15 is 0 Å². The number of aromatic nitrogens is 3. The van der Waals surface area contributed by atoms with Gasteiger partial charge in [0, 0.05) is 17.6 Å². The SMILES string of the molecule is COc1cncc(OC2CCN(S(=O)(=O)c3cccc4ccc(C)nc34)C2)n1. The van der Waals surface area contributed by atoms with E-state index in [9.17, 15) is 8.42 Å². The molecule has 0 spiro atoms. The van der Waals surface area contributed by atoms with Crippen LogP contribution in [0, 0.1) is 6.92 Å². The Morgan fingerprint density at radius 3 is 2.75 bits per heavy atom. The molecule has 1 unspecified atom stereocenters. The van der Waals surface area contributed by atoms with Gasteiger partial charge < -0.3 is 9.47 Å². The second-order valence-electron chi connectivity index (χ2n) is 6.57. The zero-order valence-corrected chi connectivity index (χ0v) is 16.4. The minimum absolute atomic E-state index is 0.218. The standard InChI is InChI=1S/C19H20N4O4S/c1-13-6-7-14-4-3-5-16(19(14)21-13)28(24,25)23-9-8-15(12-23)27-18-11-20-10-17(22-18)26-2/h3-7,10-11,15H,8-9,12H2,1-2H3. The van der Waals surface area contributed by atoms with Gasteiger partial charge in [-0.05, 0) is 25.5 Å². The van der Waals surface area contributed by atoms with Crippen molar-refractivity contribution in [1.29, 1.82) is 0 Å². The first-order chi connectivity index (χ1) is 13.5. The molecule has 28 heavy (non-hydrogen) atoms. The van der Waals surface area contributed by atoms with Crippen LogP contribution in [0.4, 0.5) is 0 Å². The van der Waals surface area contributed by atoms with E-state index in [0.29, 0.717) is 30.2 Å². The van der Waals surface area contributed by atoms with Gasteiger partial charge in [-0.3, -0.25) is 9.97 Å². The molecule has 2 aromatic heterocycles. The Bertz CT molecular complexity index is 1120. The number of fused-ring (bicyclic) bond motifs is 1. The first-order valence-electron chi connectivity index (χ1n) is 8.86. The van der Waals surface area contributed by atoms with Crippen molar-refractivity contribution in [2.75, 3.05) is 20.2 Å². The molecular weight excluding hydrogens is 380 g/mol. The highest BCUT2D eigenvalue weighted by molar-refractivity contribution is 7.89. The maximum absolute atomic E-state index is 13.2. The summed E-state index contributed by atoms with van der Waals surface area (Å²) in [5.74, 6) is 0.656. The molecule has 1 fully saturated rings. The average Bonchev–Trinajstić information content (AvgIpc) is 3.17. The predicted molar refractivity (Wildman–Crippen MR) is 103 cm³/mol. The van der Waals surface area contributed by atoms with Crippen LogP contribution in [0.2, 0.25) is 0 Å². The molecule has 3 heterocycles. The van der Waals surface area contributed by atoms with Crippen LogP contribution in [-0.2, 0) is 10.0 Å². The molecule has 0 N–H and O–H groups in total. The Morgan fingerprint density at radius 2 is 1.93 bits per heavy atom. The number of benzene rings is 1. The summed E-state index contributed by atoms with van der Waals surface area (Å²) in [5.41, 5.74) is 1.26.